The van der Waals surface area contributed by atoms with Gasteiger partial charge in [0, 0.05) is 33.6 Å². The molecule has 45 heavy (non-hydrogen) atoms. The molecule has 1 aromatic heterocycles. The van der Waals surface area contributed by atoms with E-state index in [0.29, 0.717) is 0 Å². The van der Waals surface area contributed by atoms with Crippen LogP contribution in [0, 0.1) is 12.3 Å². The van der Waals surface area contributed by atoms with Gasteiger partial charge in [-0.1, -0.05) is 83.9 Å². The molecule has 0 saturated heterocycles. The van der Waals surface area contributed by atoms with E-state index in [-0.39, 0.29) is 10.3 Å². The average Bonchev–Trinajstić information content (AvgIpc) is 3.47. The number of thiazole rings is 1. The second-order valence-electron chi connectivity index (χ2n) is 12.0. The van der Waals surface area contributed by atoms with Crippen molar-refractivity contribution in [1.29, 1.82) is 0 Å². The van der Waals surface area contributed by atoms with Crippen molar-refractivity contribution in [3.8, 4) is 0 Å². The number of halogens is 2. The van der Waals surface area contributed by atoms with Gasteiger partial charge in [-0.2, -0.15) is 4.57 Å². The lowest BCUT2D eigenvalue weighted by Crippen LogP contribution is -2.33. The van der Waals surface area contributed by atoms with E-state index >= 15 is 0 Å². The van der Waals surface area contributed by atoms with Gasteiger partial charge in [0.15, 0.2) is 0 Å². The van der Waals surface area contributed by atoms with E-state index in [9.17, 15) is 13.0 Å². The Morgan fingerprint density at radius 2 is 1.67 bits per heavy atom. The van der Waals surface area contributed by atoms with Gasteiger partial charge in [-0.15, -0.1) is 0 Å². The SMILES string of the molecule is CCN1/C(=C/C2=CC(=C/c3sc4cc(Cl)ccc4[n+]3CC)/CC(C)(C)C2)Sc2cc(Cl)ccc21.Cc1ccc(S(=O)(=O)[O-])cc1. The fraction of sp³-hybridized carbons (Fsp3) is 0.286. The summed E-state index contributed by atoms with van der Waals surface area (Å²) in [5.74, 6) is 0. The lowest BCUT2D eigenvalue weighted by Gasteiger charge is -2.31. The van der Waals surface area contributed by atoms with Crippen LogP contribution in [0.25, 0.3) is 16.3 Å². The number of hydrogen-bond donors (Lipinski definition) is 0. The number of aryl methyl sites for hydroxylation is 2. The monoisotopic (exact) mass is 698 g/mol. The molecule has 5 nitrogen and oxygen atoms in total. The van der Waals surface area contributed by atoms with Crippen molar-refractivity contribution in [2.45, 2.75) is 63.8 Å². The third-order valence-electron chi connectivity index (χ3n) is 7.68. The second kappa shape index (κ2) is 13.6. The summed E-state index contributed by atoms with van der Waals surface area (Å²) in [4.78, 5) is 3.45. The summed E-state index contributed by atoms with van der Waals surface area (Å²) in [5.41, 5.74) is 6.41. The molecule has 236 valence electrons. The molecule has 6 rings (SSSR count). The molecule has 0 fully saturated rings. The number of hydrogen-bond acceptors (Lipinski definition) is 6. The zero-order chi connectivity index (χ0) is 32.5. The Hall–Kier alpha value is -2.59. The minimum Gasteiger partial charge on any atom is -0.744 e. The summed E-state index contributed by atoms with van der Waals surface area (Å²) in [6.45, 7) is 12.9. The molecule has 1 aliphatic heterocycles. The van der Waals surface area contributed by atoms with Crippen LogP contribution < -0.4 is 9.47 Å². The van der Waals surface area contributed by atoms with E-state index in [2.05, 4.69) is 79.7 Å². The minimum atomic E-state index is -4.27. The fourth-order valence-electron chi connectivity index (χ4n) is 5.74. The molecule has 3 aromatic carbocycles. The maximum atomic E-state index is 10.4. The summed E-state index contributed by atoms with van der Waals surface area (Å²) in [7, 11) is -4.27. The highest BCUT2D eigenvalue weighted by Crippen LogP contribution is 2.48. The Morgan fingerprint density at radius 3 is 2.33 bits per heavy atom. The summed E-state index contributed by atoms with van der Waals surface area (Å²) < 4.78 is 34.8. The average molecular weight is 700 g/mol. The van der Waals surface area contributed by atoms with Crippen LogP contribution in [0.2, 0.25) is 10.0 Å². The Morgan fingerprint density at radius 1 is 0.978 bits per heavy atom. The lowest BCUT2D eigenvalue weighted by molar-refractivity contribution is -0.665. The first-order valence-corrected chi connectivity index (χ1v) is 18.6. The molecule has 0 spiro atoms. The predicted octanol–water partition coefficient (Wildman–Crippen LogP) is 10.0. The van der Waals surface area contributed by atoms with Gasteiger partial charge in [0.1, 0.15) is 21.4 Å². The lowest BCUT2D eigenvalue weighted by atomic mass is 9.75. The normalized spacial score (nSPS) is 17.8. The third-order valence-corrected chi connectivity index (χ3v) is 11.2. The number of benzene rings is 3. The number of fused-ring (bicyclic) bond motifs is 2. The molecule has 4 aromatic rings. The van der Waals surface area contributed by atoms with Gasteiger partial charge in [-0.3, -0.25) is 0 Å². The standard InChI is InChI=1S/C28H29Cl2N2S2.C7H8O3S/c1-5-31-22-9-7-20(29)14-24(22)33-26(31)12-18-11-19(17-28(3,4)16-18)13-27-32(6-2)23-10-8-21(30)15-25(23)34-27;1-6-2-4-7(5-3-6)11(8,9)10/h7-15H,5-6,16-17H2,1-4H3;2-5H,1H3,(H,8,9,10)/q+1;/p-1. The van der Waals surface area contributed by atoms with Crippen molar-refractivity contribution in [3.05, 3.63) is 110 Å². The Bertz CT molecular complexity index is 1940. The largest absolute Gasteiger partial charge is 0.744 e. The molecule has 2 heterocycles. The van der Waals surface area contributed by atoms with E-state index < -0.39 is 10.1 Å². The summed E-state index contributed by atoms with van der Waals surface area (Å²) in [5, 5.41) is 4.15. The van der Waals surface area contributed by atoms with Crippen LogP contribution >= 0.6 is 46.3 Å². The van der Waals surface area contributed by atoms with Crippen LogP contribution in [-0.4, -0.2) is 19.5 Å². The van der Waals surface area contributed by atoms with Crippen LogP contribution in [0.1, 0.15) is 51.1 Å². The summed E-state index contributed by atoms with van der Waals surface area (Å²) >= 11 is 16.2. The quantitative estimate of drug-likeness (QED) is 0.153. The van der Waals surface area contributed by atoms with E-state index in [0.717, 1.165) is 41.5 Å². The predicted molar refractivity (Wildman–Crippen MR) is 189 cm³/mol. The van der Waals surface area contributed by atoms with E-state index in [4.69, 9.17) is 23.2 Å². The first-order chi connectivity index (χ1) is 21.3. The maximum absolute atomic E-state index is 10.4. The van der Waals surface area contributed by atoms with Crippen molar-refractivity contribution in [2.75, 3.05) is 11.4 Å². The topological polar surface area (TPSA) is 64.3 Å². The highest BCUT2D eigenvalue weighted by atomic mass is 35.5. The van der Waals surface area contributed by atoms with E-state index in [1.165, 1.54) is 54.1 Å². The first kappa shape index (κ1) is 33.8. The molecule has 10 heteroatoms. The number of thioether (sulfide) groups is 1. The number of allylic oxidation sites excluding steroid dienone is 4. The number of anilines is 1. The molecule has 0 amide bonds. The third kappa shape index (κ3) is 8.05. The second-order valence-corrected chi connectivity index (χ2v) is 16.3. The molecule has 0 N–H and O–H groups in total. The van der Waals surface area contributed by atoms with Gasteiger partial charge in [0.25, 0.3) is 5.01 Å². The number of nitrogens with zero attached hydrogens (tertiary/aromatic N) is 2. The number of aromatic nitrogens is 1. The summed E-state index contributed by atoms with van der Waals surface area (Å²) in [6.07, 6.45) is 9.31. The molecule has 0 unspecified atom stereocenters. The van der Waals surface area contributed by atoms with Crippen molar-refractivity contribution >= 4 is 78.4 Å². The Kier molecular flexibility index (Phi) is 10.2. The molecule has 0 radical (unpaired) electrons. The van der Waals surface area contributed by atoms with Crippen LogP contribution in [0.15, 0.2) is 98.8 Å². The highest BCUT2D eigenvalue weighted by Gasteiger charge is 2.29. The van der Waals surface area contributed by atoms with Crippen LogP contribution in [0.3, 0.4) is 0 Å². The van der Waals surface area contributed by atoms with Crippen LogP contribution in [0.4, 0.5) is 5.69 Å². The van der Waals surface area contributed by atoms with Crippen LogP contribution in [-0.2, 0) is 16.7 Å². The number of rotatable bonds is 5. The Balaban J connectivity index is 0.000000309. The van der Waals surface area contributed by atoms with Crippen molar-refractivity contribution in [2.24, 2.45) is 5.41 Å². The molecule has 1 aliphatic carbocycles. The van der Waals surface area contributed by atoms with Crippen molar-refractivity contribution < 1.29 is 17.5 Å². The first-order valence-electron chi connectivity index (χ1n) is 14.8. The minimum absolute atomic E-state index is 0.178. The zero-order valence-corrected chi connectivity index (χ0v) is 29.9. The van der Waals surface area contributed by atoms with Gasteiger partial charge in [0.05, 0.1) is 15.6 Å². The molecular weight excluding hydrogens is 664 g/mol. The molecule has 0 saturated carbocycles. The van der Waals surface area contributed by atoms with Gasteiger partial charge < -0.3 is 9.45 Å². The maximum Gasteiger partial charge on any atom is 0.263 e. The van der Waals surface area contributed by atoms with Gasteiger partial charge in [-0.25, -0.2) is 8.42 Å². The summed E-state index contributed by atoms with van der Waals surface area (Å²) in [6, 6.07) is 18.2. The zero-order valence-electron chi connectivity index (χ0n) is 25.9. The molecule has 0 bridgehead atoms. The van der Waals surface area contributed by atoms with E-state index in [1.807, 2.05) is 42.2 Å². The molecule has 0 atom stereocenters. The Labute approximate surface area is 284 Å². The van der Waals surface area contributed by atoms with Crippen molar-refractivity contribution in [3.63, 3.8) is 0 Å². The van der Waals surface area contributed by atoms with Crippen LogP contribution in [0.5, 0.6) is 0 Å². The van der Waals surface area contributed by atoms with E-state index in [1.54, 1.807) is 12.1 Å². The van der Waals surface area contributed by atoms with Gasteiger partial charge >= 0.3 is 0 Å². The molecule has 2 aliphatic rings. The van der Waals surface area contributed by atoms with Crippen molar-refractivity contribution in [1.82, 2.24) is 0 Å². The fourth-order valence-corrected chi connectivity index (χ4v) is 9.17. The van der Waals surface area contributed by atoms with Gasteiger partial charge in [0.2, 0.25) is 5.52 Å². The molecular formula is C35H36Cl2N2O3S3. The van der Waals surface area contributed by atoms with Gasteiger partial charge in [-0.05, 0) is 98.7 Å². The smallest absolute Gasteiger partial charge is 0.263 e. The highest BCUT2D eigenvalue weighted by molar-refractivity contribution is 8.03.